The third-order valence-corrected chi connectivity index (χ3v) is 7.86. The summed E-state index contributed by atoms with van der Waals surface area (Å²) >= 11 is 1.01. The third kappa shape index (κ3) is 4.11. The van der Waals surface area contributed by atoms with Crippen LogP contribution in [0.2, 0.25) is 0 Å². The Balaban J connectivity index is 1.78. The molecule has 0 spiro atoms. The Labute approximate surface area is 182 Å². The summed E-state index contributed by atoms with van der Waals surface area (Å²) in [5.41, 5.74) is 0.273. The lowest BCUT2D eigenvalue weighted by Crippen LogP contribution is -2.28. The van der Waals surface area contributed by atoms with Gasteiger partial charge < -0.3 is 4.74 Å². The first-order valence-corrected chi connectivity index (χ1v) is 11.6. The molecule has 162 valence electrons. The number of nitro benzene ring substituents is 1. The summed E-state index contributed by atoms with van der Waals surface area (Å²) in [5.74, 6) is 0.533. The molecular weight excluding hydrogens is 444 g/mol. The van der Waals surface area contributed by atoms with Crippen LogP contribution in [0.5, 0.6) is 5.75 Å². The minimum Gasteiger partial charge on any atom is -0.494 e. The summed E-state index contributed by atoms with van der Waals surface area (Å²) in [6.45, 7) is 0.766. The Morgan fingerprint density at radius 1 is 1.16 bits per heavy atom. The van der Waals surface area contributed by atoms with Crippen molar-refractivity contribution in [2.45, 2.75) is 27.8 Å². The van der Waals surface area contributed by atoms with Gasteiger partial charge in [0.05, 0.1) is 12.0 Å². The summed E-state index contributed by atoms with van der Waals surface area (Å²) in [6, 6.07) is 10.9. The Hall–Kier alpha value is -3.03. The average molecular weight is 463 g/mol. The fourth-order valence-electron chi connectivity index (χ4n) is 3.26. The maximum Gasteiger partial charge on any atom is 0.270 e. The Morgan fingerprint density at radius 3 is 2.61 bits per heavy atom. The second-order valence-electron chi connectivity index (χ2n) is 6.65. The monoisotopic (exact) mass is 462 g/mol. The van der Waals surface area contributed by atoms with Gasteiger partial charge in [0.25, 0.3) is 5.69 Å². The van der Waals surface area contributed by atoms with Gasteiger partial charge in [-0.15, -0.1) is 5.10 Å². The van der Waals surface area contributed by atoms with Gasteiger partial charge in [0, 0.05) is 30.1 Å². The van der Waals surface area contributed by atoms with E-state index in [9.17, 15) is 18.5 Å². The molecule has 0 amide bonds. The molecule has 0 atom stereocenters. The lowest BCUT2D eigenvalue weighted by molar-refractivity contribution is -0.385. The number of para-hydroxylation sites is 2. The first-order valence-electron chi connectivity index (χ1n) is 9.30. The van der Waals surface area contributed by atoms with Crippen LogP contribution in [0.1, 0.15) is 12.8 Å². The van der Waals surface area contributed by atoms with Crippen LogP contribution in [-0.4, -0.2) is 58.1 Å². The number of nitro groups is 1. The Morgan fingerprint density at radius 2 is 1.90 bits per heavy atom. The van der Waals surface area contributed by atoms with Crippen LogP contribution in [0.25, 0.3) is 5.69 Å². The second kappa shape index (κ2) is 8.61. The molecule has 0 aliphatic carbocycles. The fourth-order valence-corrected chi connectivity index (χ4v) is 6.10. The average Bonchev–Trinajstić information content (AvgIpc) is 3.46. The van der Waals surface area contributed by atoms with Crippen molar-refractivity contribution >= 4 is 27.5 Å². The largest absolute Gasteiger partial charge is 0.494 e. The predicted octanol–water partition coefficient (Wildman–Crippen LogP) is 2.51. The minimum atomic E-state index is -3.91. The molecule has 0 bridgehead atoms. The van der Waals surface area contributed by atoms with Crippen molar-refractivity contribution in [1.82, 2.24) is 24.5 Å². The SMILES string of the molecule is COc1ccccc1-n1nnnc1Sc1ccc([N+](=O)[O-])cc1S(=O)(=O)N1CCCC1. The highest BCUT2D eigenvalue weighted by molar-refractivity contribution is 8.00. The highest BCUT2D eigenvalue weighted by Gasteiger charge is 2.32. The molecule has 1 aromatic heterocycles. The number of rotatable bonds is 7. The summed E-state index contributed by atoms with van der Waals surface area (Å²) in [4.78, 5) is 10.8. The number of nitrogens with zero attached hydrogens (tertiary/aromatic N) is 6. The quantitative estimate of drug-likeness (QED) is 0.383. The van der Waals surface area contributed by atoms with E-state index in [0.717, 1.165) is 30.7 Å². The lowest BCUT2D eigenvalue weighted by Gasteiger charge is -2.17. The number of sulfonamides is 1. The third-order valence-electron chi connectivity index (χ3n) is 4.78. The summed E-state index contributed by atoms with van der Waals surface area (Å²) in [7, 11) is -2.39. The van der Waals surface area contributed by atoms with Crippen molar-refractivity contribution in [2.75, 3.05) is 20.2 Å². The Kier molecular flexibility index (Phi) is 5.89. The van der Waals surface area contributed by atoms with Crippen molar-refractivity contribution in [2.24, 2.45) is 0 Å². The topological polar surface area (TPSA) is 133 Å². The highest BCUT2D eigenvalue weighted by Crippen LogP contribution is 2.37. The maximum absolute atomic E-state index is 13.2. The summed E-state index contributed by atoms with van der Waals surface area (Å²) in [5, 5.41) is 23.3. The van der Waals surface area contributed by atoms with Gasteiger partial charge >= 0.3 is 0 Å². The molecule has 3 aromatic rings. The van der Waals surface area contributed by atoms with Crippen molar-refractivity contribution in [3.8, 4) is 11.4 Å². The molecule has 0 radical (unpaired) electrons. The lowest BCUT2D eigenvalue weighted by atomic mass is 10.3. The van der Waals surface area contributed by atoms with Crippen LogP contribution in [0.15, 0.2) is 57.4 Å². The first kappa shape index (κ1) is 21.2. The molecule has 31 heavy (non-hydrogen) atoms. The zero-order chi connectivity index (χ0) is 22.0. The molecule has 1 fully saturated rings. The van der Waals surface area contributed by atoms with Gasteiger partial charge in [0.2, 0.25) is 15.2 Å². The zero-order valence-electron chi connectivity index (χ0n) is 16.4. The van der Waals surface area contributed by atoms with Crippen molar-refractivity contribution in [3.63, 3.8) is 0 Å². The molecule has 2 aromatic carbocycles. The van der Waals surface area contributed by atoms with E-state index < -0.39 is 14.9 Å². The number of tetrazole rings is 1. The second-order valence-corrected chi connectivity index (χ2v) is 9.56. The molecule has 2 heterocycles. The molecule has 1 aliphatic rings. The highest BCUT2D eigenvalue weighted by atomic mass is 32.2. The standard InChI is InChI=1S/C18H18N6O5S2/c1-29-15-7-3-2-6-14(15)23-18(19-20-21-23)30-16-9-8-13(24(25)26)12-17(16)31(27,28)22-10-4-5-11-22/h2-3,6-9,12H,4-5,10-11H2,1H3. The van der Waals surface area contributed by atoms with E-state index in [-0.39, 0.29) is 15.7 Å². The molecule has 1 aliphatic heterocycles. The van der Waals surface area contributed by atoms with Crippen LogP contribution >= 0.6 is 11.8 Å². The van der Waals surface area contributed by atoms with Crippen LogP contribution in [0, 0.1) is 10.1 Å². The Bertz CT molecular complexity index is 1220. The molecule has 0 saturated carbocycles. The normalized spacial score (nSPS) is 14.6. The number of non-ortho nitro benzene ring substituents is 1. The minimum absolute atomic E-state index is 0.136. The smallest absolute Gasteiger partial charge is 0.270 e. The van der Waals surface area contributed by atoms with Gasteiger partial charge in [0.1, 0.15) is 16.3 Å². The van der Waals surface area contributed by atoms with E-state index in [1.54, 1.807) is 24.3 Å². The van der Waals surface area contributed by atoms with Crippen molar-refractivity contribution in [1.29, 1.82) is 0 Å². The predicted molar refractivity (Wildman–Crippen MR) is 111 cm³/mol. The summed E-state index contributed by atoms with van der Waals surface area (Å²) in [6.07, 6.45) is 1.51. The first-order chi connectivity index (χ1) is 14.9. The van der Waals surface area contributed by atoms with Gasteiger partial charge in [-0.25, -0.2) is 8.42 Å². The fraction of sp³-hybridized carbons (Fsp3) is 0.278. The number of methoxy groups -OCH3 is 1. The number of hydrogen-bond acceptors (Lipinski definition) is 9. The molecule has 0 N–H and O–H groups in total. The maximum atomic E-state index is 13.2. The van der Waals surface area contributed by atoms with E-state index in [0.29, 0.717) is 29.4 Å². The van der Waals surface area contributed by atoms with Crippen molar-refractivity contribution in [3.05, 3.63) is 52.6 Å². The number of aromatic nitrogens is 4. The van der Waals surface area contributed by atoms with Crippen LogP contribution in [0.4, 0.5) is 5.69 Å². The van der Waals surface area contributed by atoms with Crippen molar-refractivity contribution < 1.29 is 18.1 Å². The molecule has 13 heteroatoms. The van der Waals surface area contributed by atoms with Crippen LogP contribution in [0.3, 0.4) is 0 Å². The van der Waals surface area contributed by atoms with Crippen LogP contribution in [-0.2, 0) is 10.0 Å². The van der Waals surface area contributed by atoms with E-state index in [1.165, 1.54) is 28.2 Å². The molecular formula is C18H18N6O5S2. The van der Waals surface area contributed by atoms with E-state index in [4.69, 9.17) is 4.74 Å². The number of benzene rings is 2. The zero-order valence-corrected chi connectivity index (χ0v) is 18.0. The number of ether oxygens (including phenoxy) is 1. The molecule has 0 unspecified atom stereocenters. The molecule has 4 rings (SSSR count). The number of hydrogen-bond donors (Lipinski definition) is 0. The van der Waals surface area contributed by atoms with Gasteiger partial charge in [0.15, 0.2) is 0 Å². The molecule has 11 nitrogen and oxygen atoms in total. The molecule has 1 saturated heterocycles. The van der Waals surface area contributed by atoms with Gasteiger partial charge in [-0.1, -0.05) is 12.1 Å². The van der Waals surface area contributed by atoms with Gasteiger partial charge in [-0.3, -0.25) is 10.1 Å². The summed E-state index contributed by atoms with van der Waals surface area (Å²) < 4.78 is 34.6. The van der Waals surface area contributed by atoms with E-state index in [2.05, 4.69) is 15.5 Å². The van der Waals surface area contributed by atoms with E-state index in [1.807, 2.05) is 0 Å². The van der Waals surface area contributed by atoms with Gasteiger partial charge in [-0.2, -0.15) is 8.99 Å². The van der Waals surface area contributed by atoms with Crippen LogP contribution < -0.4 is 4.74 Å². The van der Waals surface area contributed by atoms with E-state index >= 15 is 0 Å². The van der Waals surface area contributed by atoms with Gasteiger partial charge in [-0.05, 0) is 53.2 Å².